The number of benzene rings is 1. The Bertz CT molecular complexity index is 446. The van der Waals surface area contributed by atoms with Crippen molar-refractivity contribution in [2.75, 3.05) is 13.2 Å². The van der Waals surface area contributed by atoms with Gasteiger partial charge in [-0.3, -0.25) is 4.79 Å². The van der Waals surface area contributed by atoms with Gasteiger partial charge in [0.25, 0.3) is 5.91 Å². The number of rotatable bonds is 5. The number of carbonyl (C=O) groups is 1. The lowest BCUT2D eigenvalue weighted by atomic mass is 9.95. The minimum atomic E-state index is -0.0148. The number of nitrogens with one attached hydrogen (secondary N) is 2. The van der Waals surface area contributed by atoms with E-state index in [-0.39, 0.29) is 18.6 Å². The summed E-state index contributed by atoms with van der Waals surface area (Å²) in [6, 6.07) is 5.96. The molecule has 1 aliphatic rings. The number of amides is 1. The van der Waals surface area contributed by atoms with Crippen LogP contribution in [0.5, 0.6) is 0 Å². The Kier molecular flexibility index (Phi) is 4.93. The molecule has 1 unspecified atom stereocenters. The number of aliphatic hydroxyl groups excluding tert-OH is 1. The van der Waals surface area contributed by atoms with Crippen molar-refractivity contribution in [2.24, 2.45) is 0 Å². The number of hydrogen-bond donors (Lipinski definition) is 3. The van der Waals surface area contributed by atoms with Gasteiger partial charge in [0.1, 0.15) is 0 Å². The number of hydrogen-bond acceptors (Lipinski definition) is 3. The molecule has 0 aliphatic carbocycles. The first-order valence-electron chi connectivity index (χ1n) is 6.99. The van der Waals surface area contributed by atoms with Gasteiger partial charge in [-0.25, -0.2) is 0 Å². The van der Waals surface area contributed by atoms with Crippen LogP contribution in [0.2, 0.25) is 0 Å². The van der Waals surface area contributed by atoms with E-state index in [1.54, 1.807) is 0 Å². The molecule has 0 radical (unpaired) electrons. The second-order valence-electron chi connectivity index (χ2n) is 4.96. The molecule has 3 N–H and O–H groups in total. The molecule has 2 rings (SSSR count). The van der Waals surface area contributed by atoms with Crippen LogP contribution in [-0.2, 0) is 13.0 Å². The molecule has 0 aromatic heterocycles. The fourth-order valence-corrected chi connectivity index (χ4v) is 2.54. The van der Waals surface area contributed by atoms with Crippen LogP contribution in [0.4, 0.5) is 0 Å². The standard InChI is InChI=1S/C15H22N2O2/c1-2-12(7-9-18)17-15(19)14-5-3-4-11-10-16-8-6-13(11)14/h3-5,12,16,18H,2,6-10H2,1H3,(H,17,19). The van der Waals surface area contributed by atoms with E-state index in [1.807, 2.05) is 19.1 Å². The highest BCUT2D eigenvalue weighted by atomic mass is 16.3. The lowest BCUT2D eigenvalue weighted by molar-refractivity contribution is 0.0928. The number of carbonyl (C=O) groups excluding carboxylic acids is 1. The van der Waals surface area contributed by atoms with Gasteiger partial charge in [0.15, 0.2) is 0 Å². The van der Waals surface area contributed by atoms with Crippen LogP contribution in [-0.4, -0.2) is 30.2 Å². The molecule has 1 aromatic carbocycles. The van der Waals surface area contributed by atoms with Gasteiger partial charge in [-0.15, -0.1) is 0 Å². The van der Waals surface area contributed by atoms with Crippen LogP contribution < -0.4 is 10.6 Å². The second kappa shape index (κ2) is 6.68. The van der Waals surface area contributed by atoms with E-state index in [1.165, 1.54) is 5.56 Å². The third kappa shape index (κ3) is 3.33. The normalized spacial score (nSPS) is 15.7. The lowest BCUT2D eigenvalue weighted by Gasteiger charge is -2.22. The Labute approximate surface area is 114 Å². The first-order valence-corrected chi connectivity index (χ1v) is 6.99. The molecule has 0 saturated carbocycles. The maximum Gasteiger partial charge on any atom is 0.251 e. The molecule has 1 amide bonds. The summed E-state index contributed by atoms with van der Waals surface area (Å²) in [4.78, 5) is 12.3. The zero-order chi connectivity index (χ0) is 13.7. The molecule has 0 spiro atoms. The molecular formula is C15H22N2O2. The molecule has 1 aromatic rings. The molecule has 4 heteroatoms. The van der Waals surface area contributed by atoms with Crippen molar-refractivity contribution in [1.82, 2.24) is 10.6 Å². The highest BCUT2D eigenvalue weighted by Crippen LogP contribution is 2.19. The van der Waals surface area contributed by atoms with Crippen LogP contribution in [0.25, 0.3) is 0 Å². The largest absolute Gasteiger partial charge is 0.396 e. The maximum absolute atomic E-state index is 12.3. The van der Waals surface area contributed by atoms with Crippen LogP contribution >= 0.6 is 0 Å². The first-order chi connectivity index (χ1) is 9.26. The number of fused-ring (bicyclic) bond motifs is 1. The molecular weight excluding hydrogens is 240 g/mol. The fraction of sp³-hybridized carbons (Fsp3) is 0.533. The average molecular weight is 262 g/mol. The van der Waals surface area contributed by atoms with Crippen molar-refractivity contribution in [1.29, 1.82) is 0 Å². The van der Waals surface area contributed by atoms with Gasteiger partial charge < -0.3 is 15.7 Å². The maximum atomic E-state index is 12.3. The fourth-order valence-electron chi connectivity index (χ4n) is 2.54. The minimum absolute atomic E-state index is 0.0148. The van der Waals surface area contributed by atoms with E-state index in [4.69, 9.17) is 5.11 Å². The van der Waals surface area contributed by atoms with Gasteiger partial charge in [-0.05, 0) is 43.0 Å². The first kappa shape index (κ1) is 14.0. The topological polar surface area (TPSA) is 61.4 Å². The summed E-state index contributed by atoms with van der Waals surface area (Å²) < 4.78 is 0. The molecule has 1 heterocycles. The Morgan fingerprint density at radius 2 is 2.37 bits per heavy atom. The summed E-state index contributed by atoms with van der Waals surface area (Å²) in [5.74, 6) is -0.0148. The molecule has 19 heavy (non-hydrogen) atoms. The summed E-state index contributed by atoms with van der Waals surface area (Å²) in [6.07, 6.45) is 2.34. The zero-order valence-corrected chi connectivity index (χ0v) is 11.4. The van der Waals surface area contributed by atoms with Crippen molar-refractivity contribution >= 4 is 5.91 Å². The summed E-state index contributed by atoms with van der Waals surface area (Å²) in [6.45, 7) is 3.88. The summed E-state index contributed by atoms with van der Waals surface area (Å²) in [7, 11) is 0. The van der Waals surface area contributed by atoms with Crippen molar-refractivity contribution in [3.63, 3.8) is 0 Å². The molecule has 0 saturated heterocycles. The van der Waals surface area contributed by atoms with Gasteiger partial charge in [0, 0.05) is 24.8 Å². The van der Waals surface area contributed by atoms with Gasteiger partial charge in [0.05, 0.1) is 0 Å². The Morgan fingerprint density at radius 3 is 3.11 bits per heavy atom. The third-order valence-corrected chi connectivity index (χ3v) is 3.69. The van der Waals surface area contributed by atoms with Crippen LogP contribution in [0.15, 0.2) is 18.2 Å². The minimum Gasteiger partial charge on any atom is -0.396 e. The lowest BCUT2D eigenvalue weighted by Crippen LogP contribution is -2.36. The number of aliphatic hydroxyl groups is 1. The Balaban J connectivity index is 2.15. The van der Waals surface area contributed by atoms with Gasteiger partial charge >= 0.3 is 0 Å². The van der Waals surface area contributed by atoms with E-state index < -0.39 is 0 Å². The van der Waals surface area contributed by atoms with Crippen LogP contribution in [0.3, 0.4) is 0 Å². The highest BCUT2D eigenvalue weighted by Gasteiger charge is 2.18. The van der Waals surface area contributed by atoms with E-state index in [9.17, 15) is 4.79 Å². The predicted molar refractivity (Wildman–Crippen MR) is 75.1 cm³/mol. The highest BCUT2D eigenvalue weighted by molar-refractivity contribution is 5.96. The van der Waals surface area contributed by atoms with Crippen molar-refractivity contribution < 1.29 is 9.90 Å². The third-order valence-electron chi connectivity index (χ3n) is 3.69. The van der Waals surface area contributed by atoms with E-state index in [0.717, 1.165) is 37.1 Å². The summed E-state index contributed by atoms with van der Waals surface area (Å²) in [5.41, 5.74) is 3.17. The molecule has 4 nitrogen and oxygen atoms in total. The summed E-state index contributed by atoms with van der Waals surface area (Å²) in [5, 5.41) is 15.3. The van der Waals surface area contributed by atoms with Gasteiger partial charge in [-0.1, -0.05) is 19.1 Å². The Morgan fingerprint density at radius 1 is 1.53 bits per heavy atom. The quantitative estimate of drug-likeness (QED) is 0.748. The van der Waals surface area contributed by atoms with E-state index in [2.05, 4.69) is 16.7 Å². The van der Waals surface area contributed by atoms with Gasteiger partial charge in [0.2, 0.25) is 0 Å². The monoisotopic (exact) mass is 262 g/mol. The molecule has 1 atom stereocenters. The van der Waals surface area contributed by atoms with Crippen LogP contribution in [0, 0.1) is 0 Å². The molecule has 0 bridgehead atoms. The van der Waals surface area contributed by atoms with Crippen molar-refractivity contribution in [2.45, 2.75) is 38.8 Å². The van der Waals surface area contributed by atoms with Crippen molar-refractivity contribution in [3.05, 3.63) is 34.9 Å². The van der Waals surface area contributed by atoms with Crippen molar-refractivity contribution in [3.8, 4) is 0 Å². The Hall–Kier alpha value is -1.39. The molecule has 104 valence electrons. The average Bonchev–Trinajstić information content (AvgIpc) is 2.46. The zero-order valence-electron chi connectivity index (χ0n) is 11.4. The van der Waals surface area contributed by atoms with E-state index >= 15 is 0 Å². The van der Waals surface area contributed by atoms with Gasteiger partial charge in [-0.2, -0.15) is 0 Å². The SMILES string of the molecule is CCC(CCO)NC(=O)c1cccc2c1CCNC2. The van der Waals surface area contributed by atoms with E-state index in [0.29, 0.717) is 6.42 Å². The molecule has 1 aliphatic heterocycles. The predicted octanol–water partition coefficient (Wildman–Crippen LogP) is 1.22. The smallest absolute Gasteiger partial charge is 0.251 e. The molecule has 0 fully saturated rings. The van der Waals surface area contributed by atoms with Crippen LogP contribution in [0.1, 0.15) is 41.3 Å². The second-order valence-corrected chi connectivity index (χ2v) is 4.96. The summed E-state index contributed by atoms with van der Waals surface area (Å²) >= 11 is 0.